The van der Waals surface area contributed by atoms with Crippen molar-refractivity contribution in [1.29, 1.82) is 0 Å². The Morgan fingerprint density at radius 1 is 1.30 bits per heavy atom. The second-order valence-corrected chi connectivity index (χ2v) is 5.66. The molecule has 0 saturated heterocycles. The minimum absolute atomic E-state index is 0.263. The van der Waals surface area contributed by atoms with Crippen LogP contribution >= 0.6 is 15.9 Å². The molecular weight excluding hydrogens is 316 g/mol. The number of rotatable bonds is 5. The Bertz CT molecular complexity index is 569. The molecule has 0 spiro atoms. The fourth-order valence-electron chi connectivity index (χ4n) is 1.94. The first-order valence-corrected chi connectivity index (χ1v) is 7.38. The minimum atomic E-state index is 0.263. The van der Waals surface area contributed by atoms with Crippen molar-refractivity contribution in [3.05, 3.63) is 57.8 Å². The van der Waals surface area contributed by atoms with Crippen LogP contribution < -0.4 is 10.1 Å². The Labute approximate surface area is 128 Å². The van der Waals surface area contributed by atoms with Crippen molar-refractivity contribution < 1.29 is 4.74 Å². The fraction of sp³-hybridized carbons (Fsp3) is 0.312. The molecule has 1 heterocycles. The molecule has 0 aliphatic carbocycles. The van der Waals surface area contributed by atoms with Gasteiger partial charge >= 0.3 is 0 Å². The summed E-state index contributed by atoms with van der Waals surface area (Å²) in [6.07, 6.45) is 1.92. The van der Waals surface area contributed by atoms with E-state index in [0.29, 0.717) is 0 Å². The number of benzene rings is 1. The number of methoxy groups -OCH3 is 1. The quantitative estimate of drug-likeness (QED) is 0.896. The number of halogens is 1. The van der Waals surface area contributed by atoms with E-state index in [-0.39, 0.29) is 6.04 Å². The van der Waals surface area contributed by atoms with Crippen LogP contribution in [-0.4, -0.2) is 12.1 Å². The van der Waals surface area contributed by atoms with Crippen LogP contribution in [0.5, 0.6) is 5.75 Å². The summed E-state index contributed by atoms with van der Waals surface area (Å²) in [4.78, 5) is 4.30. The zero-order valence-corrected chi connectivity index (χ0v) is 13.6. The predicted molar refractivity (Wildman–Crippen MR) is 84.9 cm³/mol. The van der Waals surface area contributed by atoms with E-state index in [1.807, 2.05) is 25.3 Å². The van der Waals surface area contributed by atoms with Gasteiger partial charge in [-0.2, -0.15) is 0 Å². The Balaban J connectivity index is 1.99. The van der Waals surface area contributed by atoms with Gasteiger partial charge in [-0.15, -0.1) is 0 Å². The van der Waals surface area contributed by atoms with Crippen molar-refractivity contribution in [3.63, 3.8) is 0 Å². The number of ether oxygens (including phenoxy) is 1. The van der Waals surface area contributed by atoms with Crippen LogP contribution in [0.15, 0.2) is 41.0 Å². The van der Waals surface area contributed by atoms with Crippen molar-refractivity contribution in [3.8, 4) is 5.75 Å². The molecule has 20 heavy (non-hydrogen) atoms. The summed E-state index contributed by atoms with van der Waals surface area (Å²) in [5.41, 5.74) is 3.45. The van der Waals surface area contributed by atoms with Gasteiger partial charge in [0.15, 0.2) is 0 Å². The number of nitrogens with one attached hydrogen (secondary N) is 1. The molecule has 0 aliphatic rings. The molecule has 2 aromatic rings. The molecule has 1 atom stereocenters. The predicted octanol–water partition coefficient (Wildman–Crippen LogP) is 4.01. The van der Waals surface area contributed by atoms with Crippen molar-refractivity contribution >= 4 is 15.9 Å². The Morgan fingerprint density at radius 3 is 2.70 bits per heavy atom. The molecule has 1 aromatic carbocycles. The van der Waals surface area contributed by atoms with E-state index < -0.39 is 0 Å². The maximum absolute atomic E-state index is 5.24. The highest BCUT2D eigenvalue weighted by Crippen LogP contribution is 2.28. The number of nitrogens with zero attached hydrogens (tertiary/aromatic N) is 1. The van der Waals surface area contributed by atoms with Crippen molar-refractivity contribution in [2.75, 3.05) is 7.11 Å². The van der Waals surface area contributed by atoms with Crippen LogP contribution in [0.1, 0.15) is 29.8 Å². The lowest BCUT2D eigenvalue weighted by Crippen LogP contribution is -2.18. The molecule has 2 rings (SSSR count). The van der Waals surface area contributed by atoms with Crippen LogP contribution in [0, 0.1) is 6.92 Å². The Hall–Kier alpha value is -1.39. The van der Waals surface area contributed by atoms with E-state index in [1.165, 1.54) is 11.1 Å². The highest BCUT2D eigenvalue weighted by atomic mass is 79.9. The molecule has 1 aromatic heterocycles. The SMILES string of the molecule is COc1ccc(C(C)NCc2ccc(C)nc2)cc1Br. The zero-order valence-electron chi connectivity index (χ0n) is 12.0. The normalized spacial score (nSPS) is 12.2. The largest absolute Gasteiger partial charge is 0.496 e. The summed E-state index contributed by atoms with van der Waals surface area (Å²) >= 11 is 3.52. The third-order valence-electron chi connectivity index (χ3n) is 3.26. The van der Waals surface area contributed by atoms with Crippen molar-refractivity contribution in [1.82, 2.24) is 10.3 Å². The molecule has 4 heteroatoms. The van der Waals surface area contributed by atoms with Crippen LogP contribution in [0.4, 0.5) is 0 Å². The average Bonchev–Trinajstić information content (AvgIpc) is 2.46. The minimum Gasteiger partial charge on any atom is -0.496 e. The smallest absolute Gasteiger partial charge is 0.133 e. The number of aryl methyl sites for hydroxylation is 1. The first-order chi connectivity index (χ1) is 9.60. The van der Waals surface area contributed by atoms with Gasteiger partial charge in [-0.3, -0.25) is 4.98 Å². The maximum Gasteiger partial charge on any atom is 0.133 e. The zero-order chi connectivity index (χ0) is 14.5. The fourth-order valence-corrected chi connectivity index (χ4v) is 2.50. The third-order valence-corrected chi connectivity index (χ3v) is 3.88. The second-order valence-electron chi connectivity index (χ2n) is 4.80. The standard InChI is InChI=1S/C16H19BrN2O/c1-11-4-5-13(9-18-11)10-19-12(2)14-6-7-16(20-3)15(17)8-14/h4-9,12,19H,10H2,1-3H3. The van der Waals surface area contributed by atoms with Crippen LogP contribution in [-0.2, 0) is 6.54 Å². The van der Waals surface area contributed by atoms with Crippen LogP contribution in [0.3, 0.4) is 0 Å². The summed E-state index contributed by atoms with van der Waals surface area (Å²) in [5.74, 6) is 0.851. The number of hydrogen-bond donors (Lipinski definition) is 1. The van der Waals surface area contributed by atoms with Gasteiger partial charge in [0.05, 0.1) is 11.6 Å². The van der Waals surface area contributed by atoms with Gasteiger partial charge in [-0.1, -0.05) is 12.1 Å². The highest BCUT2D eigenvalue weighted by molar-refractivity contribution is 9.10. The molecule has 0 amide bonds. The maximum atomic E-state index is 5.24. The summed E-state index contributed by atoms with van der Waals surface area (Å²) in [6.45, 7) is 4.95. The first kappa shape index (κ1) is 15.0. The van der Waals surface area contributed by atoms with Crippen LogP contribution in [0.2, 0.25) is 0 Å². The van der Waals surface area contributed by atoms with Crippen LogP contribution in [0.25, 0.3) is 0 Å². The van der Waals surface area contributed by atoms with Gasteiger partial charge in [-0.05, 0) is 59.1 Å². The van der Waals surface area contributed by atoms with E-state index in [1.54, 1.807) is 7.11 Å². The number of aromatic nitrogens is 1. The molecule has 0 saturated carbocycles. The molecule has 106 valence electrons. The van der Waals surface area contributed by atoms with Gasteiger partial charge in [-0.25, -0.2) is 0 Å². The van der Waals surface area contributed by atoms with E-state index in [2.05, 4.69) is 51.4 Å². The lowest BCUT2D eigenvalue weighted by atomic mass is 10.1. The molecule has 3 nitrogen and oxygen atoms in total. The van der Waals surface area contributed by atoms with Gasteiger partial charge in [0, 0.05) is 24.5 Å². The van der Waals surface area contributed by atoms with Gasteiger partial charge in [0.1, 0.15) is 5.75 Å². The van der Waals surface area contributed by atoms with E-state index in [4.69, 9.17) is 4.74 Å². The van der Waals surface area contributed by atoms with Crippen molar-refractivity contribution in [2.45, 2.75) is 26.4 Å². The topological polar surface area (TPSA) is 34.1 Å². The number of hydrogen-bond acceptors (Lipinski definition) is 3. The van der Waals surface area contributed by atoms with Crippen molar-refractivity contribution in [2.24, 2.45) is 0 Å². The van der Waals surface area contributed by atoms with E-state index in [9.17, 15) is 0 Å². The van der Waals surface area contributed by atoms with Gasteiger partial charge in [0.25, 0.3) is 0 Å². The summed E-state index contributed by atoms with van der Waals surface area (Å²) in [5, 5.41) is 3.50. The molecule has 0 fully saturated rings. The van der Waals surface area contributed by atoms with Gasteiger partial charge < -0.3 is 10.1 Å². The molecule has 1 N–H and O–H groups in total. The number of pyridine rings is 1. The molecule has 1 unspecified atom stereocenters. The third kappa shape index (κ3) is 3.81. The molecular formula is C16H19BrN2O. The highest BCUT2D eigenvalue weighted by Gasteiger charge is 2.08. The van der Waals surface area contributed by atoms with E-state index in [0.717, 1.165) is 22.5 Å². The summed E-state index contributed by atoms with van der Waals surface area (Å²) < 4.78 is 6.22. The first-order valence-electron chi connectivity index (χ1n) is 6.58. The molecule has 0 bridgehead atoms. The second kappa shape index (κ2) is 6.86. The lowest BCUT2D eigenvalue weighted by molar-refractivity contribution is 0.411. The molecule has 0 radical (unpaired) electrons. The summed E-state index contributed by atoms with van der Waals surface area (Å²) in [7, 11) is 1.67. The molecule has 0 aliphatic heterocycles. The van der Waals surface area contributed by atoms with E-state index >= 15 is 0 Å². The van der Waals surface area contributed by atoms with Gasteiger partial charge in [0.2, 0.25) is 0 Å². The lowest BCUT2D eigenvalue weighted by Gasteiger charge is -2.15. The summed E-state index contributed by atoms with van der Waals surface area (Å²) in [6, 6.07) is 10.5. The Morgan fingerprint density at radius 2 is 2.10 bits per heavy atom. The monoisotopic (exact) mass is 334 g/mol. The Kier molecular flexibility index (Phi) is 5.15. The average molecular weight is 335 g/mol.